The summed E-state index contributed by atoms with van der Waals surface area (Å²) in [5, 5.41) is 5.41. The van der Waals surface area contributed by atoms with Crippen molar-refractivity contribution < 1.29 is 85.2 Å². The van der Waals surface area contributed by atoms with Gasteiger partial charge in [0.15, 0.2) is 18.5 Å². The molecule has 22 heteroatoms. The molecule has 1 aromatic carbocycles. The average molecular weight is 843 g/mol. The van der Waals surface area contributed by atoms with Crippen molar-refractivity contribution in [3.05, 3.63) is 35.9 Å². The van der Waals surface area contributed by atoms with E-state index in [-0.39, 0.29) is 45.3 Å². The lowest BCUT2D eigenvalue weighted by Crippen LogP contribution is -2.66. The molecule has 0 bridgehead atoms. The molecule has 10 atom stereocenters. The minimum Gasteiger partial charge on any atom is -0.463 e. The van der Waals surface area contributed by atoms with Crippen molar-refractivity contribution in [2.75, 3.05) is 33.5 Å². The molecule has 2 aliphatic rings. The Morgan fingerprint density at radius 2 is 1.48 bits per heavy atom. The number of phosphoric ester groups is 1. The molecule has 2 fully saturated rings. The number of unbranched alkanes of at least 4 members (excludes halogenated alkanes) is 1. The van der Waals surface area contributed by atoms with Gasteiger partial charge in [0.25, 0.3) is 0 Å². The van der Waals surface area contributed by atoms with Crippen LogP contribution in [0, 0.1) is 5.92 Å². The standard InChI is InChI=1S/C36H52BN2O18P/c1-21(40)39-30-33(54-24(4)43)32(53-23(3)42)28(19-50-22(2)41)56-35(30)49-17-10-9-15-29(44)38-16-11-14-26-31(57-58(46,47)48-5)27(55-34(26)37)20-52-36(45)51-18-25-12-7-6-8-13-25/h6-8,12-13,26-28,30-35H,9-11,14-20H2,1-5H3,(H,38,44)(H,39,40)(H,46,47)/t26?,27-,28-,30-,31-,32+,33-,34-,35-/m1/s1. The summed E-state index contributed by atoms with van der Waals surface area (Å²) >= 11 is 0. The molecule has 2 aliphatic heterocycles. The number of ether oxygens (including phenoxy) is 8. The van der Waals surface area contributed by atoms with E-state index in [2.05, 4.69) is 15.2 Å². The molecular formula is C36H52BN2O18P. The molecule has 322 valence electrons. The van der Waals surface area contributed by atoms with Gasteiger partial charge in [-0.2, -0.15) is 0 Å². The molecule has 2 amide bonds. The quantitative estimate of drug-likeness (QED) is 0.0494. The van der Waals surface area contributed by atoms with Crippen molar-refractivity contribution in [1.82, 2.24) is 10.6 Å². The van der Waals surface area contributed by atoms with E-state index in [4.69, 9.17) is 50.3 Å². The molecule has 0 spiro atoms. The summed E-state index contributed by atoms with van der Waals surface area (Å²) in [6, 6.07) is 6.86. The summed E-state index contributed by atoms with van der Waals surface area (Å²) in [4.78, 5) is 82.6. The second kappa shape index (κ2) is 24.1. The van der Waals surface area contributed by atoms with Gasteiger partial charge >= 0.3 is 31.9 Å². The van der Waals surface area contributed by atoms with Crippen molar-refractivity contribution in [3.8, 4) is 0 Å². The number of carbonyl (C=O) groups is 6. The van der Waals surface area contributed by atoms with E-state index < -0.39 is 92.6 Å². The van der Waals surface area contributed by atoms with Crippen LogP contribution < -0.4 is 10.6 Å². The first-order valence-electron chi connectivity index (χ1n) is 18.6. The number of hydrogen-bond acceptors (Lipinski definition) is 17. The molecule has 2 saturated heterocycles. The molecule has 1 aromatic rings. The van der Waals surface area contributed by atoms with E-state index in [1.165, 1.54) is 13.8 Å². The highest BCUT2D eigenvalue weighted by atomic mass is 31.2. The predicted molar refractivity (Wildman–Crippen MR) is 198 cm³/mol. The van der Waals surface area contributed by atoms with Crippen LogP contribution in [0.4, 0.5) is 4.79 Å². The lowest BCUT2D eigenvalue weighted by atomic mass is 9.82. The lowest BCUT2D eigenvalue weighted by Gasteiger charge is -2.44. The largest absolute Gasteiger partial charge is 0.508 e. The zero-order chi connectivity index (χ0) is 42.8. The van der Waals surface area contributed by atoms with Crippen molar-refractivity contribution in [2.24, 2.45) is 5.92 Å². The molecule has 58 heavy (non-hydrogen) atoms. The number of carbonyl (C=O) groups excluding carboxylic acids is 6. The highest BCUT2D eigenvalue weighted by Gasteiger charge is 2.51. The number of hydrogen-bond donors (Lipinski definition) is 3. The Labute approximate surface area is 337 Å². The van der Waals surface area contributed by atoms with Crippen LogP contribution in [0.15, 0.2) is 30.3 Å². The number of nitrogens with one attached hydrogen (secondary N) is 2. The minimum absolute atomic E-state index is 0.0291. The van der Waals surface area contributed by atoms with E-state index >= 15 is 0 Å². The Morgan fingerprint density at radius 1 is 0.828 bits per heavy atom. The molecule has 2 unspecified atom stereocenters. The van der Waals surface area contributed by atoms with Crippen LogP contribution in [0.2, 0.25) is 0 Å². The van der Waals surface area contributed by atoms with Gasteiger partial charge in [-0.05, 0) is 31.2 Å². The van der Waals surface area contributed by atoms with E-state index in [0.717, 1.165) is 26.5 Å². The number of esters is 3. The van der Waals surface area contributed by atoms with Crippen molar-refractivity contribution in [3.63, 3.8) is 0 Å². The summed E-state index contributed by atoms with van der Waals surface area (Å²) < 4.78 is 66.1. The Hall–Kier alpha value is -4.11. The zero-order valence-electron chi connectivity index (χ0n) is 33.1. The second-order valence-corrected chi connectivity index (χ2v) is 14.9. The maximum Gasteiger partial charge on any atom is 0.508 e. The van der Waals surface area contributed by atoms with Crippen LogP contribution in [0.5, 0.6) is 0 Å². The summed E-state index contributed by atoms with van der Waals surface area (Å²) in [6.07, 6.45) is -6.45. The van der Waals surface area contributed by atoms with Crippen LogP contribution in [0.25, 0.3) is 0 Å². The van der Waals surface area contributed by atoms with Gasteiger partial charge in [-0.1, -0.05) is 30.3 Å². The van der Waals surface area contributed by atoms with Crippen molar-refractivity contribution >= 4 is 51.5 Å². The first-order chi connectivity index (χ1) is 27.5. The van der Waals surface area contributed by atoms with Crippen LogP contribution in [0.1, 0.15) is 65.4 Å². The molecule has 0 saturated carbocycles. The third-order valence-corrected chi connectivity index (χ3v) is 9.75. The monoisotopic (exact) mass is 842 g/mol. The van der Waals surface area contributed by atoms with Gasteiger partial charge in [-0.25, -0.2) is 9.36 Å². The van der Waals surface area contributed by atoms with Gasteiger partial charge in [0.2, 0.25) is 11.8 Å². The van der Waals surface area contributed by atoms with Gasteiger partial charge in [-0.3, -0.25) is 33.0 Å². The third-order valence-electron chi connectivity index (χ3n) is 8.78. The fraction of sp³-hybridized carbons (Fsp3) is 0.667. The van der Waals surface area contributed by atoms with Crippen molar-refractivity contribution in [2.45, 2.75) is 115 Å². The smallest absolute Gasteiger partial charge is 0.463 e. The van der Waals surface area contributed by atoms with Gasteiger partial charge in [-0.15, -0.1) is 0 Å². The molecule has 2 heterocycles. The molecule has 0 aromatic heterocycles. The maximum absolute atomic E-state index is 12.6. The molecule has 2 radical (unpaired) electrons. The average Bonchev–Trinajstić information content (AvgIpc) is 3.44. The second-order valence-electron chi connectivity index (χ2n) is 13.4. The summed E-state index contributed by atoms with van der Waals surface area (Å²) in [5.74, 6) is -3.54. The summed E-state index contributed by atoms with van der Waals surface area (Å²) in [6.45, 7) is 4.13. The number of rotatable bonds is 22. The maximum atomic E-state index is 12.6. The molecule has 3 N–H and O–H groups in total. The number of benzene rings is 1. The molecule has 0 aliphatic carbocycles. The van der Waals surface area contributed by atoms with Gasteiger partial charge < -0.3 is 53.4 Å². The third kappa shape index (κ3) is 16.6. The first kappa shape index (κ1) is 48.3. The summed E-state index contributed by atoms with van der Waals surface area (Å²) in [5.41, 5.74) is 0.743. The van der Waals surface area contributed by atoms with E-state index in [0.29, 0.717) is 25.7 Å². The first-order valence-corrected chi connectivity index (χ1v) is 20.1. The zero-order valence-corrected chi connectivity index (χ0v) is 34.0. The highest BCUT2D eigenvalue weighted by molar-refractivity contribution is 7.47. The van der Waals surface area contributed by atoms with E-state index in [1.807, 2.05) is 6.07 Å². The van der Waals surface area contributed by atoms with Gasteiger partial charge in [0.05, 0.1) is 0 Å². The van der Waals surface area contributed by atoms with Crippen LogP contribution in [-0.4, -0.2) is 131 Å². The Bertz CT molecular complexity index is 1570. The van der Waals surface area contributed by atoms with Gasteiger partial charge in [0.1, 0.15) is 52.0 Å². The number of amides is 2. The van der Waals surface area contributed by atoms with Gasteiger partial charge in [0, 0.05) is 66.3 Å². The summed E-state index contributed by atoms with van der Waals surface area (Å²) in [7, 11) is 2.68. The minimum atomic E-state index is -4.51. The van der Waals surface area contributed by atoms with E-state index in [1.54, 1.807) is 24.3 Å². The molecule has 3 rings (SSSR count). The van der Waals surface area contributed by atoms with Crippen LogP contribution in [-0.2, 0) is 82.1 Å². The Balaban J connectivity index is 1.48. The Kier molecular flexibility index (Phi) is 20.0. The normalized spacial score (nSPS) is 26.3. The highest BCUT2D eigenvalue weighted by Crippen LogP contribution is 2.48. The van der Waals surface area contributed by atoms with Crippen LogP contribution in [0.3, 0.4) is 0 Å². The fourth-order valence-corrected chi connectivity index (χ4v) is 6.92. The SMILES string of the molecule is [B][C@@H]1O[C@H](COC(=O)OCc2ccccc2)[C@H](OP(=O)(O)OC)C1CCCNC(=O)CCCCO[C@@H]1O[C@H](COC(C)=O)[C@H](OC(C)=O)[C@H](OC(C)=O)[C@H]1NC(C)=O. The van der Waals surface area contributed by atoms with Crippen LogP contribution >= 0.6 is 7.82 Å². The lowest BCUT2D eigenvalue weighted by molar-refractivity contribution is -0.277. The Morgan fingerprint density at radius 3 is 2.12 bits per heavy atom. The predicted octanol–water partition coefficient (Wildman–Crippen LogP) is 1.72. The topological polar surface area (TPSA) is 256 Å². The fourth-order valence-electron chi connectivity index (χ4n) is 6.23. The molecular weight excluding hydrogens is 790 g/mol. The number of phosphoric acid groups is 1. The van der Waals surface area contributed by atoms with Crippen molar-refractivity contribution in [1.29, 1.82) is 0 Å². The molecule has 20 nitrogen and oxygen atoms in total. The van der Waals surface area contributed by atoms with E-state index in [9.17, 15) is 38.2 Å².